The number of aliphatic hydroxyl groups is 1. The number of carbonyl (C=O) groups is 3. The van der Waals surface area contributed by atoms with E-state index >= 15 is 0 Å². The lowest BCUT2D eigenvalue weighted by atomic mass is 9.79. The smallest absolute Gasteiger partial charge is 0.248 e. The number of rotatable bonds is 12. The summed E-state index contributed by atoms with van der Waals surface area (Å²) in [6, 6.07) is 15.8. The molecule has 2 aromatic carbocycles. The van der Waals surface area contributed by atoms with Gasteiger partial charge in [-0.1, -0.05) is 63.6 Å². The van der Waals surface area contributed by atoms with Gasteiger partial charge in [-0.05, 0) is 79.2 Å². The molecule has 0 radical (unpaired) electrons. The van der Waals surface area contributed by atoms with E-state index in [0.29, 0.717) is 57.8 Å². The van der Waals surface area contributed by atoms with Crippen LogP contribution in [-0.4, -0.2) is 83.2 Å². The molecule has 3 aliphatic heterocycles. The van der Waals surface area contributed by atoms with Crippen molar-refractivity contribution < 1.29 is 24.2 Å². The van der Waals surface area contributed by atoms with E-state index in [1.54, 1.807) is 0 Å². The number of aliphatic hydroxyl groups excluding tert-OH is 1. The highest BCUT2D eigenvalue weighted by Gasteiger charge is 2.55. The van der Waals surface area contributed by atoms with Crippen LogP contribution >= 0.6 is 12.4 Å². The number of halogens is 1. The number of nitrogens with zero attached hydrogens (tertiary/aromatic N) is 2. The van der Waals surface area contributed by atoms with Crippen LogP contribution in [0.25, 0.3) is 0 Å². The Kier molecular flexibility index (Phi) is 13.3. The summed E-state index contributed by atoms with van der Waals surface area (Å²) in [6.07, 6.45) is 4.75. The molecule has 2 atom stereocenters. The first-order valence-electron chi connectivity index (χ1n) is 17.3. The summed E-state index contributed by atoms with van der Waals surface area (Å²) in [5, 5.41) is 17.1. The number of piperidine rings is 1. The number of benzene rings is 2. The zero-order valence-electron chi connectivity index (χ0n) is 28.2. The van der Waals surface area contributed by atoms with Gasteiger partial charge in [0.1, 0.15) is 11.6 Å². The lowest BCUT2D eigenvalue weighted by Crippen LogP contribution is -2.75. The third-order valence-corrected chi connectivity index (χ3v) is 9.94. The fourth-order valence-corrected chi connectivity index (χ4v) is 7.16. The van der Waals surface area contributed by atoms with Crippen LogP contribution in [0.1, 0.15) is 82.4 Å². The van der Waals surface area contributed by atoms with Crippen LogP contribution in [-0.2, 0) is 32.1 Å². The van der Waals surface area contributed by atoms with Gasteiger partial charge in [-0.3, -0.25) is 19.3 Å². The van der Waals surface area contributed by atoms with Gasteiger partial charge >= 0.3 is 0 Å². The summed E-state index contributed by atoms with van der Waals surface area (Å²) >= 11 is 0. The Morgan fingerprint density at radius 2 is 1.60 bits per heavy atom. The molecular formula is C37H53ClN4O5. The van der Waals surface area contributed by atoms with Gasteiger partial charge < -0.3 is 25.4 Å². The lowest BCUT2D eigenvalue weighted by molar-refractivity contribution is -0.166. The molecule has 0 bridgehead atoms. The van der Waals surface area contributed by atoms with Gasteiger partial charge in [0.05, 0.1) is 6.10 Å². The second-order valence-corrected chi connectivity index (χ2v) is 13.9. The Morgan fingerprint density at radius 1 is 1.00 bits per heavy atom. The minimum atomic E-state index is -0.897. The average molecular weight is 669 g/mol. The number of piperazine rings is 1. The molecule has 3 N–H and O–H groups in total. The van der Waals surface area contributed by atoms with Crippen molar-refractivity contribution in [3.05, 3.63) is 65.2 Å². The molecule has 3 heterocycles. The molecule has 47 heavy (non-hydrogen) atoms. The average Bonchev–Trinajstić information content (AvgIpc) is 3.05. The van der Waals surface area contributed by atoms with Crippen LogP contribution in [0.4, 0.5) is 5.69 Å². The first kappa shape index (κ1) is 36.8. The lowest BCUT2D eigenvalue weighted by Gasteiger charge is -2.52. The quantitative estimate of drug-likeness (QED) is 0.296. The summed E-state index contributed by atoms with van der Waals surface area (Å²) in [5.41, 5.74) is 3.59. The molecule has 3 aliphatic rings. The van der Waals surface area contributed by atoms with E-state index < -0.39 is 17.7 Å². The number of anilines is 1. The second kappa shape index (κ2) is 16.9. The van der Waals surface area contributed by atoms with Gasteiger partial charge in [0, 0.05) is 51.5 Å². The van der Waals surface area contributed by atoms with Crippen LogP contribution in [0.3, 0.4) is 0 Å². The van der Waals surface area contributed by atoms with Crippen molar-refractivity contribution in [2.24, 2.45) is 11.8 Å². The molecule has 1 spiro atoms. The minimum Gasteiger partial charge on any atom is -0.390 e. The number of unbranched alkanes of at least 4 members (excludes halogenated alkanes) is 1. The summed E-state index contributed by atoms with van der Waals surface area (Å²) in [4.78, 5) is 43.9. The minimum absolute atomic E-state index is 0. The standard InChI is InChI=1S/C37H52N4O5.ClH/c1-4-5-18-41-35(44)33(34(43)30-14-21-46-22-15-30)39-36(45)37(41)16-19-40(20-17-37)25-29-8-6-27(7-9-29)24-28-10-12-31(13-11-28)38-32(42)23-26(2)3;/h6-13,26,30,33-34,43H,4-5,14-25H2,1-3H3,(H,38,42)(H,39,45);1H/t33-,34-;/m1./s1. The SMILES string of the molecule is CCCCN1C(=O)[C@@H]([C@H](O)C2CCOCC2)NC(=O)C12CCN(Cc1ccc(Cc3ccc(NC(=O)CC(C)C)cc3)cc1)CC2.Cl. The molecule has 3 saturated heterocycles. The summed E-state index contributed by atoms with van der Waals surface area (Å²) in [7, 11) is 0. The zero-order valence-corrected chi connectivity index (χ0v) is 29.0. The predicted molar refractivity (Wildman–Crippen MR) is 186 cm³/mol. The maximum absolute atomic E-state index is 13.9. The monoisotopic (exact) mass is 668 g/mol. The Hall–Kier alpha value is -2.98. The third-order valence-electron chi connectivity index (χ3n) is 9.94. The van der Waals surface area contributed by atoms with E-state index in [1.807, 2.05) is 30.9 Å². The molecule has 3 amide bonds. The number of hydrogen-bond donors (Lipinski definition) is 3. The molecule has 258 valence electrons. The van der Waals surface area contributed by atoms with Crippen LogP contribution in [0.5, 0.6) is 0 Å². The van der Waals surface area contributed by atoms with Crippen molar-refractivity contribution in [2.75, 3.05) is 38.2 Å². The predicted octanol–water partition coefficient (Wildman–Crippen LogP) is 4.93. The fraction of sp³-hybridized carbons (Fsp3) is 0.595. The van der Waals surface area contributed by atoms with Gasteiger partial charge in [-0.25, -0.2) is 0 Å². The highest BCUT2D eigenvalue weighted by molar-refractivity contribution is 6.00. The van der Waals surface area contributed by atoms with E-state index in [1.165, 1.54) is 16.7 Å². The Bertz CT molecular complexity index is 1320. The number of carbonyl (C=O) groups excluding carboxylic acids is 3. The van der Waals surface area contributed by atoms with Crippen LogP contribution in [0, 0.1) is 11.8 Å². The fourth-order valence-electron chi connectivity index (χ4n) is 7.16. The van der Waals surface area contributed by atoms with E-state index in [9.17, 15) is 19.5 Å². The highest BCUT2D eigenvalue weighted by Crippen LogP contribution is 2.35. The normalized spacial score (nSPS) is 21.0. The Labute approximate surface area is 286 Å². The van der Waals surface area contributed by atoms with Crippen LogP contribution < -0.4 is 10.6 Å². The first-order valence-corrected chi connectivity index (χ1v) is 17.3. The number of likely N-dealkylation sites (tertiary alicyclic amines) is 1. The molecule has 2 aromatic rings. The maximum atomic E-state index is 13.9. The van der Waals surface area contributed by atoms with Crippen molar-refractivity contribution in [3.8, 4) is 0 Å². The van der Waals surface area contributed by atoms with E-state index in [4.69, 9.17) is 4.74 Å². The van der Waals surface area contributed by atoms with Gasteiger partial charge in [-0.2, -0.15) is 0 Å². The van der Waals surface area contributed by atoms with E-state index in [2.05, 4.69) is 58.9 Å². The molecule has 9 nitrogen and oxygen atoms in total. The van der Waals surface area contributed by atoms with Gasteiger partial charge in [-0.15, -0.1) is 12.4 Å². The van der Waals surface area contributed by atoms with Crippen molar-refractivity contribution >= 4 is 35.8 Å². The Balaban J connectivity index is 0.00000500. The highest BCUT2D eigenvalue weighted by atomic mass is 35.5. The van der Waals surface area contributed by atoms with Crippen molar-refractivity contribution in [1.29, 1.82) is 0 Å². The molecule has 0 aromatic heterocycles. The number of hydrogen-bond acceptors (Lipinski definition) is 6. The molecule has 5 rings (SSSR count). The first-order chi connectivity index (χ1) is 22.2. The maximum Gasteiger partial charge on any atom is 0.248 e. The molecule has 10 heteroatoms. The second-order valence-electron chi connectivity index (χ2n) is 13.9. The van der Waals surface area contributed by atoms with Crippen molar-refractivity contribution in [1.82, 2.24) is 15.1 Å². The summed E-state index contributed by atoms with van der Waals surface area (Å²) in [5.74, 6) is 0.0690. The Morgan fingerprint density at radius 3 is 2.19 bits per heavy atom. The zero-order chi connectivity index (χ0) is 32.7. The third kappa shape index (κ3) is 9.13. The van der Waals surface area contributed by atoms with Gasteiger partial charge in [0.2, 0.25) is 17.7 Å². The van der Waals surface area contributed by atoms with Crippen LogP contribution in [0.2, 0.25) is 0 Å². The van der Waals surface area contributed by atoms with Crippen molar-refractivity contribution in [3.63, 3.8) is 0 Å². The summed E-state index contributed by atoms with van der Waals surface area (Å²) in [6.45, 7) is 10.1. The number of nitrogens with one attached hydrogen (secondary N) is 2. The molecule has 0 saturated carbocycles. The van der Waals surface area contributed by atoms with E-state index in [-0.39, 0.29) is 36.0 Å². The van der Waals surface area contributed by atoms with Crippen LogP contribution in [0.15, 0.2) is 48.5 Å². The topological polar surface area (TPSA) is 111 Å². The molecule has 0 unspecified atom stereocenters. The summed E-state index contributed by atoms with van der Waals surface area (Å²) < 4.78 is 5.44. The molecule has 0 aliphatic carbocycles. The molecular weight excluding hydrogens is 616 g/mol. The molecule has 3 fully saturated rings. The van der Waals surface area contributed by atoms with Gasteiger partial charge in [0.15, 0.2) is 0 Å². The van der Waals surface area contributed by atoms with E-state index in [0.717, 1.165) is 44.6 Å². The van der Waals surface area contributed by atoms with Gasteiger partial charge in [0.25, 0.3) is 0 Å². The number of amides is 3. The largest absolute Gasteiger partial charge is 0.390 e. The van der Waals surface area contributed by atoms with Crippen molar-refractivity contribution in [2.45, 2.75) is 96.4 Å². The number of ether oxygens (including phenoxy) is 1.